The second kappa shape index (κ2) is 10.7. The molecule has 6 rings (SSSR count). The number of carbonyl (C=O) groups is 2. The number of aromatic nitrogens is 3. The van der Waals surface area contributed by atoms with Gasteiger partial charge in [-0.2, -0.15) is 10.8 Å². The summed E-state index contributed by atoms with van der Waals surface area (Å²) in [5.41, 5.74) is 2.52. The first-order valence-electron chi connectivity index (χ1n) is 12.9. The number of quaternary nitrogens is 1. The van der Waals surface area contributed by atoms with Crippen molar-refractivity contribution in [2.75, 3.05) is 11.9 Å². The fourth-order valence-electron chi connectivity index (χ4n) is 5.14. The smallest absolute Gasteiger partial charge is 0.273 e. The molecule has 206 valence electrons. The van der Waals surface area contributed by atoms with Crippen molar-refractivity contribution < 1.29 is 18.6 Å². The SMILES string of the molecule is N[N+]12C=CN=CC1=C(C1CCCCN1C(=O)c1ccnc(Cl)n1)N=C2c1ccc(C(=O)Nc2cc(F)ccn2)cc1. The third-order valence-corrected chi connectivity index (χ3v) is 7.30. The number of nitrogens with two attached hydrogens (primary N) is 1. The van der Waals surface area contributed by atoms with Gasteiger partial charge >= 0.3 is 0 Å². The Morgan fingerprint density at radius 1 is 1.10 bits per heavy atom. The summed E-state index contributed by atoms with van der Waals surface area (Å²) < 4.78 is 13.2. The first kappa shape index (κ1) is 26.6. The molecule has 5 heterocycles. The summed E-state index contributed by atoms with van der Waals surface area (Å²) in [6, 6.07) is 10.3. The van der Waals surface area contributed by atoms with Gasteiger partial charge in [0.1, 0.15) is 29.2 Å². The average Bonchev–Trinajstić information content (AvgIpc) is 3.29. The van der Waals surface area contributed by atoms with Crippen molar-refractivity contribution in [2.45, 2.75) is 25.3 Å². The number of hydrogen-bond donors (Lipinski definition) is 2. The Balaban J connectivity index is 1.31. The summed E-state index contributed by atoms with van der Waals surface area (Å²) in [5, 5.41) is 2.58. The fraction of sp³-hybridized carbons (Fsp3) is 0.179. The molecule has 2 unspecified atom stereocenters. The summed E-state index contributed by atoms with van der Waals surface area (Å²) in [4.78, 5) is 49.2. The van der Waals surface area contributed by atoms with Crippen LogP contribution < -0.4 is 11.2 Å². The highest BCUT2D eigenvalue weighted by Gasteiger charge is 2.47. The van der Waals surface area contributed by atoms with Gasteiger partial charge in [0.15, 0.2) is 0 Å². The second-order valence-electron chi connectivity index (χ2n) is 9.67. The van der Waals surface area contributed by atoms with E-state index in [1.165, 1.54) is 24.5 Å². The number of allylic oxidation sites excluding steroid dienone is 1. The molecule has 13 heteroatoms. The second-order valence-corrected chi connectivity index (χ2v) is 10.0. The van der Waals surface area contributed by atoms with Crippen molar-refractivity contribution in [3.63, 3.8) is 0 Å². The Morgan fingerprint density at radius 2 is 1.90 bits per heavy atom. The number of aliphatic imine (C=N–C) groups is 2. The first-order valence-corrected chi connectivity index (χ1v) is 13.3. The summed E-state index contributed by atoms with van der Waals surface area (Å²) in [5.74, 6) is 6.33. The Bertz CT molecular complexity index is 1670. The van der Waals surface area contributed by atoms with E-state index < -0.39 is 11.7 Å². The van der Waals surface area contributed by atoms with Gasteiger partial charge in [0.05, 0.1) is 24.0 Å². The lowest BCUT2D eigenvalue weighted by molar-refractivity contribution is -0.750. The Morgan fingerprint density at radius 3 is 2.68 bits per heavy atom. The van der Waals surface area contributed by atoms with Gasteiger partial charge in [0, 0.05) is 30.6 Å². The number of likely N-dealkylation sites (tertiary alicyclic amines) is 1. The van der Waals surface area contributed by atoms with Crippen LogP contribution in [0.15, 0.2) is 88.6 Å². The zero-order valence-corrected chi connectivity index (χ0v) is 22.4. The van der Waals surface area contributed by atoms with E-state index in [2.05, 4.69) is 25.3 Å². The van der Waals surface area contributed by atoms with E-state index in [9.17, 15) is 14.0 Å². The van der Waals surface area contributed by atoms with Gasteiger partial charge in [-0.1, -0.05) is 0 Å². The van der Waals surface area contributed by atoms with Crippen LogP contribution in [-0.4, -0.2) is 60.9 Å². The van der Waals surface area contributed by atoms with Crippen LogP contribution in [0, 0.1) is 5.82 Å². The lowest BCUT2D eigenvalue weighted by Gasteiger charge is -2.35. The Labute approximate surface area is 239 Å². The summed E-state index contributed by atoms with van der Waals surface area (Å²) >= 11 is 5.95. The molecule has 1 aromatic carbocycles. The van der Waals surface area contributed by atoms with Crippen LogP contribution in [0.2, 0.25) is 5.28 Å². The zero-order chi connectivity index (χ0) is 28.6. The molecule has 3 aliphatic heterocycles. The fourth-order valence-corrected chi connectivity index (χ4v) is 5.29. The predicted molar refractivity (Wildman–Crippen MR) is 150 cm³/mol. The number of hydrogen-bond acceptors (Lipinski definition) is 8. The van der Waals surface area contributed by atoms with E-state index in [-0.39, 0.29) is 33.3 Å². The number of carbonyl (C=O) groups excluding carboxylic acids is 2. The number of amidine groups is 1. The molecule has 1 fully saturated rings. The van der Waals surface area contributed by atoms with Crippen molar-refractivity contribution in [2.24, 2.45) is 15.8 Å². The normalized spacial score (nSPS) is 21.5. The minimum Gasteiger partial charge on any atom is -0.328 e. The molecule has 0 bridgehead atoms. The molecule has 1 saturated heterocycles. The van der Waals surface area contributed by atoms with Gasteiger partial charge < -0.3 is 10.2 Å². The van der Waals surface area contributed by atoms with Gasteiger partial charge in [-0.15, -0.1) is 4.59 Å². The molecule has 3 N–H and O–H groups in total. The molecule has 0 aliphatic carbocycles. The van der Waals surface area contributed by atoms with Gasteiger partial charge in [0.25, 0.3) is 17.6 Å². The molecule has 2 atom stereocenters. The van der Waals surface area contributed by atoms with E-state index in [4.69, 9.17) is 22.4 Å². The van der Waals surface area contributed by atoms with Crippen LogP contribution in [0.3, 0.4) is 0 Å². The highest BCUT2D eigenvalue weighted by molar-refractivity contribution is 6.28. The molecule has 2 amide bonds. The Hall–Kier alpha value is -4.65. The molecule has 2 aromatic heterocycles. The van der Waals surface area contributed by atoms with Crippen molar-refractivity contribution in [3.8, 4) is 0 Å². The third-order valence-electron chi connectivity index (χ3n) is 7.12. The van der Waals surface area contributed by atoms with Crippen molar-refractivity contribution in [3.05, 3.63) is 107 Å². The molecule has 41 heavy (non-hydrogen) atoms. The van der Waals surface area contributed by atoms with Crippen molar-refractivity contribution >= 4 is 41.3 Å². The maximum absolute atomic E-state index is 13.5. The lowest BCUT2D eigenvalue weighted by Crippen LogP contribution is -2.53. The number of amides is 2. The van der Waals surface area contributed by atoms with E-state index in [0.29, 0.717) is 41.3 Å². The number of pyridine rings is 1. The number of anilines is 1. The van der Waals surface area contributed by atoms with Gasteiger partial charge in [0.2, 0.25) is 11.0 Å². The molecule has 0 radical (unpaired) electrons. The van der Waals surface area contributed by atoms with Crippen molar-refractivity contribution in [1.82, 2.24) is 19.9 Å². The van der Waals surface area contributed by atoms with E-state index in [0.717, 1.165) is 18.9 Å². The number of fused-ring (bicyclic) bond motifs is 1. The molecule has 0 spiro atoms. The van der Waals surface area contributed by atoms with E-state index in [1.807, 2.05) is 0 Å². The number of halogens is 2. The maximum Gasteiger partial charge on any atom is 0.273 e. The number of benzene rings is 1. The molecule has 3 aliphatic rings. The number of rotatable bonds is 5. The molecular formula is C28H24ClFN9O2+. The van der Waals surface area contributed by atoms with E-state index in [1.54, 1.807) is 47.8 Å². The molecular weight excluding hydrogens is 549 g/mol. The lowest BCUT2D eigenvalue weighted by atomic mass is 9.97. The summed E-state index contributed by atoms with van der Waals surface area (Å²) in [6.07, 6.45) is 10.1. The highest BCUT2D eigenvalue weighted by atomic mass is 35.5. The monoisotopic (exact) mass is 572 g/mol. The summed E-state index contributed by atoms with van der Waals surface area (Å²) in [7, 11) is 0. The zero-order valence-electron chi connectivity index (χ0n) is 21.6. The minimum absolute atomic E-state index is 0.000808. The molecule has 0 saturated carbocycles. The summed E-state index contributed by atoms with van der Waals surface area (Å²) in [6.45, 7) is 0.522. The highest BCUT2D eigenvalue weighted by Crippen LogP contribution is 2.37. The van der Waals surface area contributed by atoms with Crippen LogP contribution in [0.4, 0.5) is 10.2 Å². The average molecular weight is 573 g/mol. The van der Waals surface area contributed by atoms with E-state index >= 15 is 0 Å². The van der Waals surface area contributed by atoms with Crippen LogP contribution in [0.25, 0.3) is 0 Å². The molecule has 3 aromatic rings. The quantitative estimate of drug-likeness (QED) is 0.271. The van der Waals surface area contributed by atoms with Crippen molar-refractivity contribution in [1.29, 1.82) is 0 Å². The largest absolute Gasteiger partial charge is 0.328 e. The number of piperidine rings is 1. The van der Waals surface area contributed by atoms with Crippen LogP contribution in [-0.2, 0) is 0 Å². The third kappa shape index (κ3) is 5.04. The standard InChI is InChI=1S/C28H23ClFN9O2/c29-28-34-11-9-20(35-28)27(41)38-13-2-1-3-21(38)24-22-16-32-12-14-39(22,31)25(37-24)17-4-6-18(7-5-17)26(40)36-23-15-19(30)8-10-33-23/h4-12,14-16,21H,1-3,13,31H2/p+1. The number of nitrogens with one attached hydrogen (secondary N) is 1. The molecule has 11 nitrogen and oxygen atoms in total. The van der Waals surface area contributed by atoms with Gasteiger partial charge in [-0.05, 0) is 67.3 Å². The maximum atomic E-state index is 13.5. The van der Waals surface area contributed by atoms with Crippen LogP contribution >= 0.6 is 11.6 Å². The first-order chi connectivity index (χ1) is 19.8. The van der Waals surface area contributed by atoms with Gasteiger partial charge in [-0.25, -0.2) is 19.3 Å². The Kier molecular flexibility index (Phi) is 6.95. The number of nitrogens with zero attached hydrogens (tertiary/aromatic N) is 7. The minimum atomic E-state index is -0.502. The van der Waals surface area contributed by atoms with Crippen LogP contribution in [0.1, 0.15) is 45.7 Å². The van der Waals surface area contributed by atoms with Crippen LogP contribution in [0.5, 0.6) is 0 Å². The predicted octanol–water partition coefficient (Wildman–Crippen LogP) is 3.83. The van der Waals surface area contributed by atoms with Gasteiger partial charge in [-0.3, -0.25) is 14.6 Å². The topological polar surface area (TPSA) is 139 Å².